The van der Waals surface area contributed by atoms with Crippen LogP contribution in [-0.2, 0) is 6.42 Å². The number of hydrogen-bond donors (Lipinski definition) is 1. The van der Waals surface area contributed by atoms with Crippen LogP contribution in [0.1, 0.15) is 56.3 Å². The molecule has 0 bridgehead atoms. The number of benzene rings is 2. The van der Waals surface area contributed by atoms with Crippen molar-refractivity contribution in [2.75, 3.05) is 6.61 Å². The van der Waals surface area contributed by atoms with Crippen molar-refractivity contribution in [1.82, 2.24) is 19.7 Å². The quantitative estimate of drug-likeness (QED) is 0.435. The van der Waals surface area contributed by atoms with Gasteiger partial charge < -0.3 is 9.72 Å². The van der Waals surface area contributed by atoms with Gasteiger partial charge in [-0.25, -0.2) is 9.67 Å². The van der Waals surface area contributed by atoms with E-state index in [0.29, 0.717) is 29.9 Å². The van der Waals surface area contributed by atoms with Crippen LogP contribution in [0, 0.1) is 0 Å². The van der Waals surface area contributed by atoms with Crippen LogP contribution in [0.4, 0.5) is 0 Å². The van der Waals surface area contributed by atoms with Crippen LogP contribution in [0.5, 0.6) is 5.75 Å². The lowest BCUT2D eigenvalue weighted by Gasteiger charge is -2.12. The molecule has 6 heteroatoms. The molecule has 2 heterocycles. The average molecular weight is 429 g/mol. The Hall–Kier alpha value is -3.41. The second kappa shape index (κ2) is 8.99. The summed E-state index contributed by atoms with van der Waals surface area (Å²) in [5.41, 5.74) is 3.24. The Kier molecular flexibility index (Phi) is 5.75. The maximum Gasteiger partial charge on any atom is 0.262 e. The molecular weight excluding hydrogens is 400 g/mol. The Morgan fingerprint density at radius 2 is 1.81 bits per heavy atom. The normalized spacial score (nSPS) is 14.3. The van der Waals surface area contributed by atoms with Gasteiger partial charge >= 0.3 is 0 Å². The zero-order chi connectivity index (χ0) is 21.9. The van der Waals surface area contributed by atoms with E-state index >= 15 is 0 Å². The third-order valence-electron chi connectivity index (χ3n) is 6.12. The molecule has 32 heavy (non-hydrogen) atoms. The standard InChI is InChI=1S/C26H28N4O2/c1-2-16-32-22-15-9-8-14-20(22)24-27-25-23(26(31)28-24)21(17-18-10-4-3-5-11-18)29-30(25)19-12-6-7-13-19/h3-5,8-11,14-15,19H,2,6-7,12-13,16-17H2,1H3,(H,27,28,31). The highest BCUT2D eigenvalue weighted by atomic mass is 16.5. The monoisotopic (exact) mass is 428 g/mol. The Bertz CT molecular complexity index is 1270. The number of nitrogens with one attached hydrogen (secondary N) is 1. The molecule has 2 aromatic carbocycles. The van der Waals surface area contributed by atoms with Crippen LogP contribution in [0.25, 0.3) is 22.4 Å². The van der Waals surface area contributed by atoms with Crippen molar-refractivity contribution < 1.29 is 4.74 Å². The summed E-state index contributed by atoms with van der Waals surface area (Å²) in [6.45, 7) is 2.69. The number of nitrogens with zero attached hydrogens (tertiary/aromatic N) is 3. The third kappa shape index (κ3) is 3.93. The van der Waals surface area contributed by atoms with Crippen LogP contribution in [-0.4, -0.2) is 26.4 Å². The second-order valence-corrected chi connectivity index (χ2v) is 8.45. The number of rotatable bonds is 7. The van der Waals surface area contributed by atoms with Crippen molar-refractivity contribution in [2.24, 2.45) is 0 Å². The molecule has 1 saturated carbocycles. The van der Waals surface area contributed by atoms with E-state index in [2.05, 4.69) is 24.0 Å². The van der Waals surface area contributed by atoms with E-state index in [4.69, 9.17) is 14.8 Å². The van der Waals surface area contributed by atoms with E-state index in [1.807, 2.05) is 47.1 Å². The molecule has 1 aliphatic rings. The first-order valence-electron chi connectivity index (χ1n) is 11.5. The van der Waals surface area contributed by atoms with Gasteiger partial charge in [0.15, 0.2) is 5.65 Å². The summed E-state index contributed by atoms with van der Waals surface area (Å²) in [5, 5.41) is 5.53. The lowest BCUT2D eigenvalue weighted by Crippen LogP contribution is -2.13. The molecule has 1 N–H and O–H groups in total. The van der Waals surface area contributed by atoms with Crippen molar-refractivity contribution >= 4 is 11.0 Å². The second-order valence-electron chi connectivity index (χ2n) is 8.45. The van der Waals surface area contributed by atoms with Gasteiger partial charge in [0.1, 0.15) is 17.0 Å². The van der Waals surface area contributed by atoms with Crippen molar-refractivity contribution in [3.8, 4) is 17.1 Å². The SMILES string of the molecule is CCCOc1ccccc1-c1nc2c(c(Cc3ccccc3)nn2C2CCCC2)c(=O)[nH]1. The van der Waals surface area contributed by atoms with Crippen LogP contribution < -0.4 is 10.3 Å². The van der Waals surface area contributed by atoms with Gasteiger partial charge in [0.25, 0.3) is 5.56 Å². The Morgan fingerprint density at radius 1 is 1.06 bits per heavy atom. The fourth-order valence-electron chi connectivity index (χ4n) is 4.56. The van der Waals surface area contributed by atoms with E-state index in [1.165, 1.54) is 12.8 Å². The molecule has 1 fully saturated rings. The van der Waals surface area contributed by atoms with Crippen LogP contribution in [0.15, 0.2) is 59.4 Å². The minimum atomic E-state index is -0.148. The Balaban J connectivity index is 1.66. The number of fused-ring (bicyclic) bond motifs is 1. The largest absolute Gasteiger partial charge is 0.493 e. The fraction of sp³-hybridized carbons (Fsp3) is 0.346. The smallest absolute Gasteiger partial charge is 0.262 e. The Morgan fingerprint density at radius 3 is 2.59 bits per heavy atom. The summed E-state index contributed by atoms with van der Waals surface area (Å²) in [4.78, 5) is 21.3. The molecule has 164 valence electrons. The van der Waals surface area contributed by atoms with Gasteiger partial charge in [0, 0.05) is 6.42 Å². The number of H-pyrrole nitrogens is 1. The molecule has 0 radical (unpaired) electrons. The number of aromatic amines is 1. The van der Waals surface area contributed by atoms with Gasteiger partial charge in [-0.1, -0.05) is 62.2 Å². The van der Waals surface area contributed by atoms with E-state index in [0.717, 1.165) is 41.8 Å². The highest BCUT2D eigenvalue weighted by Crippen LogP contribution is 2.33. The summed E-state index contributed by atoms with van der Waals surface area (Å²) in [6, 6.07) is 18.2. The first-order chi connectivity index (χ1) is 15.7. The molecular formula is C26H28N4O2. The maximum atomic E-state index is 13.3. The molecule has 0 unspecified atom stereocenters. The highest BCUT2D eigenvalue weighted by Gasteiger charge is 2.25. The topological polar surface area (TPSA) is 72.8 Å². The Labute approximate surface area is 187 Å². The first kappa shape index (κ1) is 20.5. The number of hydrogen-bond acceptors (Lipinski definition) is 4. The van der Waals surface area contributed by atoms with Crippen LogP contribution in [0.3, 0.4) is 0 Å². The number of ether oxygens (including phenoxy) is 1. The lowest BCUT2D eigenvalue weighted by molar-refractivity contribution is 0.318. The molecule has 0 atom stereocenters. The predicted octanol–water partition coefficient (Wildman–Crippen LogP) is 5.28. The molecule has 6 nitrogen and oxygen atoms in total. The number of aromatic nitrogens is 4. The lowest BCUT2D eigenvalue weighted by atomic mass is 10.1. The van der Waals surface area contributed by atoms with Crippen molar-refractivity contribution in [2.45, 2.75) is 51.5 Å². The molecule has 5 rings (SSSR count). The first-order valence-corrected chi connectivity index (χ1v) is 11.5. The summed E-state index contributed by atoms with van der Waals surface area (Å²) in [6.07, 6.45) is 6.03. The van der Waals surface area contributed by atoms with Crippen LogP contribution >= 0.6 is 0 Å². The fourth-order valence-corrected chi connectivity index (χ4v) is 4.56. The molecule has 4 aromatic rings. The summed E-state index contributed by atoms with van der Waals surface area (Å²) >= 11 is 0. The van der Waals surface area contributed by atoms with Gasteiger partial charge in [-0.15, -0.1) is 0 Å². The van der Waals surface area contributed by atoms with Gasteiger partial charge in [-0.3, -0.25) is 4.79 Å². The average Bonchev–Trinajstić information content (AvgIpc) is 3.47. The predicted molar refractivity (Wildman–Crippen MR) is 126 cm³/mol. The third-order valence-corrected chi connectivity index (χ3v) is 6.12. The van der Waals surface area contributed by atoms with Crippen molar-refractivity contribution in [1.29, 1.82) is 0 Å². The molecule has 0 spiro atoms. The van der Waals surface area contributed by atoms with Gasteiger partial charge in [-0.05, 0) is 37.0 Å². The minimum Gasteiger partial charge on any atom is -0.493 e. The molecule has 0 saturated heterocycles. The van der Waals surface area contributed by atoms with Gasteiger partial charge in [0.05, 0.1) is 23.9 Å². The van der Waals surface area contributed by atoms with Crippen molar-refractivity contribution in [3.05, 3.63) is 76.2 Å². The minimum absolute atomic E-state index is 0.148. The highest BCUT2D eigenvalue weighted by molar-refractivity contribution is 5.80. The zero-order valence-corrected chi connectivity index (χ0v) is 18.4. The van der Waals surface area contributed by atoms with Crippen LogP contribution in [0.2, 0.25) is 0 Å². The number of para-hydroxylation sites is 1. The molecule has 0 aliphatic heterocycles. The summed E-state index contributed by atoms with van der Waals surface area (Å²) in [7, 11) is 0. The molecule has 2 aromatic heterocycles. The van der Waals surface area contributed by atoms with E-state index in [-0.39, 0.29) is 11.6 Å². The van der Waals surface area contributed by atoms with E-state index < -0.39 is 0 Å². The summed E-state index contributed by atoms with van der Waals surface area (Å²) in [5.74, 6) is 1.26. The summed E-state index contributed by atoms with van der Waals surface area (Å²) < 4.78 is 7.93. The van der Waals surface area contributed by atoms with E-state index in [1.54, 1.807) is 0 Å². The van der Waals surface area contributed by atoms with Gasteiger partial charge in [-0.2, -0.15) is 5.10 Å². The molecule has 1 aliphatic carbocycles. The zero-order valence-electron chi connectivity index (χ0n) is 18.4. The van der Waals surface area contributed by atoms with Gasteiger partial charge in [0.2, 0.25) is 0 Å². The van der Waals surface area contributed by atoms with E-state index in [9.17, 15) is 4.79 Å². The van der Waals surface area contributed by atoms with Crippen molar-refractivity contribution in [3.63, 3.8) is 0 Å². The maximum absolute atomic E-state index is 13.3. The molecule has 0 amide bonds.